The molecule has 4 nitrogen and oxygen atoms in total. The van der Waals surface area contributed by atoms with Crippen LogP contribution in [0.1, 0.15) is 46.9 Å². The van der Waals surface area contributed by atoms with Crippen LogP contribution < -0.4 is 5.32 Å². The molecule has 1 saturated heterocycles. The van der Waals surface area contributed by atoms with E-state index >= 15 is 0 Å². The number of amides is 1. The van der Waals surface area contributed by atoms with Crippen LogP contribution in [-0.2, 0) is 6.54 Å². The molecule has 1 aromatic carbocycles. The van der Waals surface area contributed by atoms with Crippen LogP contribution in [0.25, 0.3) is 0 Å². The zero-order valence-electron chi connectivity index (χ0n) is 14.6. The highest BCUT2D eigenvalue weighted by molar-refractivity contribution is 7.13. The van der Waals surface area contributed by atoms with Crippen LogP contribution in [-0.4, -0.2) is 28.9 Å². The van der Waals surface area contributed by atoms with Crippen molar-refractivity contribution in [3.8, 4) is 0 Å². The second-order valence-corrected chi connectivity index (χ2v) is 7.71. The van der Waals surface area contributed by atoms with E-state index in [1.807, 2.05) is 37.4 Å². The van der Waals surface area contributed by atoms with Gasteiger partial charge in [-0.05, 0) is 69.0 Å². The predicted octanol–water partition coefficient (Wildman–Crippen LogP) is 4.24. The number of benzene rings is 1. The van der Waals surface area contributed by atoms with E-state index in [0.717, 1.165) is 36.8 Å². The van der Waals surface area contributed by atoms with Crippen molar-refractivity contribution in [2.45, 2.75) is 40.2 Å². The lowest BCUT2D eigenvalue weighted by Crippen LogP contribution is -2.32. The molecule has 2 heterocycles. The summed E-state index contributed by atoms with van der Waals surface area (Å²) in [5, 5.41) is 5.65. The first-order chi connectivity index (χ1) is 11.5. The number of aromatic nitrogens is 1. The first kappa shape index (κ1) is 17.1. The molecule has 1 N–H and O–H groups in total. The summed E-state index contributed by atoms with van der Waals surface area (Å²) < 4.78 is 0. The van der Waals surface area contributed by atoms with E-state index in [2.05, 4.69) is 22.1 Å². The van der Waals surface area contributed by atoms with Crippen LogP contribution in [0.5, 0.6) is 0 Å². The summed E-state index contributed by atoms with van der Waals surface area (Å²) in [6.07, 6.45) is 2.53. The monoisotopic (exact) mass is 343 g/mol. The summed E-state index contributed by atoms with van der Waals surface area (Å²) in [5.74, 6) is 0.746. The molecule has 0 spiro atoms. The summed E-state index contributed by atoms with van der Waals surface area (Å²) in [5.41, 5.74) is 4.05. The lowest BCUT2D eigenvalue weighted by Gasteiger charge is -2.29. The van der Waals surface area contributed by atoms with Crippen molar-refractivity contribution in [1.29, 1.82) is 0 Å². The third kappa shape index (κ3) is 4.22. The van der Waals surface area contributed by atoms with Gasteiger partial charge in [-0.25, -0.2) is 4.98 Å². The van der Waals surface area contributed by atoms with Crippen molar-refractivity contribution in [2.24, 2.45) is 5.92 Å². The van der Waals surface area contributed by atoms with Gasteiger partial charge in [-0.3, -0.25) is 15.0 Å². The minimum Gasteiger partial charge on any atom is -0.298 e. The number of nitrogens with one attached hydrogen (secondary N) is 1. The maximum absolute atomic E-state index is 12.4. The molecule has 1 aliphatic heterocycles. The number of rotatable bonds is 4. The van der Waals surface area contributed by atoms with Crippen molar-refractivity contribution in [3.05, 3.63) is 46.0 Å². The fraction of sp³-hybridized carbons (Fsp3) is 0.474. The molecule has 3 rings (SSSR count). The third-order valence-electron chi connectivity index (χ3n) is 4.80. The van der Waals surface area contributed by atoms with E-state index in [1.54, 1.807) is 0 Å². The number of piperidine rings is 1. The molecular weight excluding hydrogens is 318 g/mol. The molecule has 1 aliphatic rings. The lowest BCUT2D eigenvalue weighted by molar-refractivity contribution is 0.102. The lowest BCUT2D eigenvalue weighted by atomic mass is 9.99. The van der Waals surface area contributed by atoms with Crippen LogP contribution in [0.15, 0.2) is 23.6 Å². The summed E-state index contributed by atoms with van der Waals surface area (Å²) >= 11 is 1.50. The Bertz CT molecular complexity index is 717. The maximum Gasteiger partial charge on any atom is 0.257 e. The van der Waals surface area contributed by atoms with Gasteiger partial charge in [0.25, 0.3) is 5.91 Å². The Hall–Kier alpha value is -1.72. The maximum atomic E-state index is 12.4. The van der Waals surface area contributed by atoms with E-state index in [-0.39, 0.29) is 5.91 Å². The average molecular weight is 343 g/mol. The van der Waals surface area contributed by atoms with Crippen molar-refractivity contribution in [1.82, 2.24) is 9.88 Å². The fourth-order valence-electron chi connectivity index (χ4n) is 2.94. The summed E-state index contributed by atoms with van der Waals surface area (Å²) in [6.45, 7) is 9.55. The van der Waals surface area contributed by atoms with E-state index in [0.29, 0.717) is 10.7 Å². The van der Waals surface area contributed by atoms with Gasteiger partial charge >= 0.3 is 0 Å². The number of likely N-dealkylation sites (tertiary alicyclic amines) is 1. The minimum absolute atomic E-state index is 0.0919. The standard InChI is InChI=1S/C19H25N3OS/c1-13-6-8-22(9-7-13)11-17-12-24-19(20-17)21-18(23)16-5-4-14(2)15(3)10-16/h4-5,10,12-13H,6-9,11H2,1-3H3,(H,20,21,23). The third-order valence-corrected chi connectivity index (χ3v) is 5.61. The second-order valence-electron chi connectivity index (χ2n) is 6.86. The summed E-state index contributed by atoms with van der Waals surface area (Å²) in [6, 6.07) is 5.77. The van der Waals surface area contributed by atoms with Gasteiger partial charge in [0.1, 0.15) is 0 Å². The molecule has 1 amide bonds. The van der Waals surface area contributed by atoms with Crippen molar-refractivity contribution >= 4 is 22.4 Å². The number of hydrogen-bond donors (Lipinski definition) is 1. The Morgan fingerprint density at radius 1 is 1.29 bits per heavy atom. The number of nitrogens with zero attached hydrogens (tertiary/aromatic N) is 2. The van der Waals surface area contributed by atoms with Crippen molar-refractivity contribution in [3.63, 3.8) is 0 Å². The molecule has 128 valence electrons. The highest BCUT2D eigenvalue weighted by Crippen LogP contribution is 2.21. The summed E-state index contributed by atoms with van der Waals surface area (Å²) in [4.78, 5) is 19.4. The SMILES string of the molecule is Cc1ccc(C(=O)Nc2nc(CN3CCC(C)CC3)cs2)cc1C. The van der Waals surface area contributed by atoms with Gasteiger partial charge in [0.2, 0.25) is 0 Å². The largest absolute Gasteiger partial charge is 0.298 e. The number of hydrogen-bond acceptors (Lipinski definition) is 4. The van der Waals surface area contributed by atoms with E-state index in [1.165, 1.54) is 29.7 Å². The summed E-state index contributed by atoms with van der Waals surface area (Å²) in [7, 11) is 0. The van der Waals surface area contributed by atoms with Gasteiger partial charge in [-0.15, -0.1) is 11.3 Å². The Kier molecular flexibility index (Phi) is 5.31. The molecule has 0 radical (unpaired) electrons. The van der Waals surface area contributed by atoms with E-state index < -0.39 is 0 Å². The number of carbonyl (C=O) groups excluding carboxylic acids is 1. The average Bonchev–Trinajstić information content (AvgIpc) is 2.99. The van der Waals surface area contributed by atoms with E-state index in [9.17, 15) is 4.79 Å². The Morgan fingerprint density at radius 2 is 2.04 bits per heavy atom. The molecule has 0 bridgehead atoms. The van der Waals surface area contributed by atoms with Crippen LogP contribution >= 0.6 is 11.3 Å². The Morgan fingerprint density at radius 3 is 2.75 bits per heavy atom. The first-order valence-corrected chi connectivity index (χ1v) is 9.44. The van der Waals surface area contributed by atoms with Gasteiger partial charge in [0.05, 0.1) is 5.69 Å². The number of anilines is 1. The predicted molar refractivity (Wildman–Crippen MR) is 99.7 cm³/mol. The van der Waals surface area contributed by atoms with Crippen LogP contribution in [0.3, 0.4) is 0 Å². The van der Waals surface area contributed by atoms with Gasteiger partial charge in [0.15, 0.2) is 5.13 Å². The van der Waals surface area contributed by atoms with Crippen LogP contribution in [0, 0.1) is 19.8 Å². The fourth-order valence-corrected chi connectivity index (χ4v) is 3.63. The number of carbonyl (C=O) groups is 1. The number of aryl methyl sites for hydroxylation is 2. The molecule has 5 heteroatoms. The second kappa shape index (κ2) is 7.45. The zero-order valence-corrected chi connectivity index (χ0v) is 15.4. The van der Waals surface area contributed by atoms with Crippen LogP contribution in [0.4, 0.5) is 5.13 Å². The van der Waals surface area contributed by atoms with Gasteiger partial charge in [-0.2, -0.15) is 0 Å². The molecule has 0 saturated carbocycles. The number of thiazole rings is 1. The Labute approximate surface area is 147 Å². The molecule has 2 aromatic rings. The molecule has 1 fully saturated rings. The van der Waals surface area contributed by atoms with Crippen molar-refractivity contribution in [2.75, 3.05) is 18.4 Å². The zero-order chi connectivity index (χ0) is 17.1. The first-order valence-electron chi connectivity index (χ1n) is 8.56. The van der Waals surface area contributed by atoms with Gasteiger partial charge in [-0.1, -0.05) is 13.0 Å². The minimum atomic E-state index is -0.0919. The molecular formula is C19H25N3OS. The van der Waals surface area contributed by atoms with Gasteiger partial charge in [0, 0.05) is 17.5 Å². The molecule has 0 unspecified atom stereocenters. The normalized spacial score (nSPS) is 16.3. The highest BCUT2D eigenvalue weighted by atomic mass is 32.1. The molecule has 1 aromatic heterocycles. The van der Waals surface area contributed by atoms with Crippen LogP contribution in [0.2, 0.25) is 0 Å². The topological polar surface area (TPSA) is 45.2 Å². The van der Waals surface area contributed by atoms with Crippen molar-refractivity contribution < 1.29 is 4.79 Å². The smallest absolute Gasteiger partial charge is 0.257 e. The molecule has 0 aliphatic carbocycles. The quantitative estimate of drug-likeness (QED) is 0.903. The molecule has 0 atom stereocenters. The van der Waals surface area contributed by atoms with Gasteiger partial charge < -0.3 is 0 Å². The Balaban J connectivity index is 1.59. The van der Waals surface area contributed by atoms with E-state index in [4.69, 9.17) is 0 Å². The molecule has 24 heavy (non-hydrogen) atoms. The highest BCUT2D eigenvalue weighted by Gasteiger charge is 2.17.